The predicted octanol–water partition coefficient (Wildman–Crippen LogP) is 1.64. The van der Waals surface area contributed by atoms with Crippen molar-refractivity contribution in [3.63, 3.8) is 0 Å². The van der Waals surface area contributed by atoms with Crippen molar-refractivity contribution >= 4 is 11.9 Å². The van der Waals surface area contributed by atoms with Crippen molar-refractivity contribution in [3.8, 4) is 11.5 Å². The first kappa shape index (κ1) is 15.2. The summed E-state index contributed by atoms with van der Waals surface area (Å²) >= 11 is 0. The Morgan fingerprint density at radius 1 is 1.29 bits per heavy atom. The van der Waals surface area contributed by atoms with Crippen molar-refractivity contribution in [2.24, 2.45) is 5.41 Å². The zero-order valence-corrected chi connectivity index (χ0v) is 12.4. The monoisotopic (exact) mass is 293 g/mol. The Labute approximate surface area is 123 Å². The number of likely N-dealkylation sites (tertiary alicyclic amines) is 1. The van der Waals surface area contributed by atoms with Crippen LogP contribution in [0.3, 0.4) is 0 Å². The molecule has 1 saturated heterocycles. The minimum absolute atomic E-state index is 0.205. The number of aliphatic carboxylic acids is 1. The quantitative estimate of drug-likeness (QED) is 0.913. The Balaban J connectivity index is 2.24. The minimum atomic E-state index is -0.880. The number of carboxylic acid groups (broad SMARTS) is 1. The number of nitrogens with zero attached hydrogens (tertiary/aromatic N) is 1. The van der Waals surface area contributed by atoms with Gasteiger partial charge in [-0.1, -0.05) is 0 Å². The summed E-state index contributed by atoms with van der Waals surface area (Å²) in [6.45, 7) is 2.29. The Hall–Kier alpha value is -2.24. The lowest BCUT2D eigenvalue weighted by Crippen LogP contribution is -2.35. The molecule has 0 radical (unpaired) electrons. The van der Waals surface area contributed by atoms with Crippen molar-refractivity contribution in [3.05, 3.63) is 23.8 Å². The number of benzene rings is 1. The number of rotatable bonds is 4. The van der Waals surface area contributed by atoms with Gasteiger partial charge in [-0.25, -0.2) is 0 Å². The molecular weight excluding hydrogens is 274 g/mol. The van der Waals surface area contributed by atoms with Crippen LogP contribution < -0.4 is 9.47 Å². The summed E-state index contributed by atoms with van der Waals surface area (Å²) in [7, 11) is 3.02. The van der Waals surface area contributed by atoms with E-state index in [0.717, 1.165) is 0 Å². The van der Waals surface area contributed by atoms with Crippen LogP contribution in [0, 0.1) is 5.41 Å². The fourth-order valence-corrected chi connectivity index (χ4v) is 2.45. The molecule has 1 aliphatic heterocycles. The summed E-state index contributed by atoms with van der Waals surface area (Å²) in [4.78, 5) is 25.4. The Morgan fingerprint density at radius 2 is 2.00 bits per heavy atom. The summed E-state index contributed by atoms with van der Waals surface area (Å²) in [5.41, 5.74) is -0.469. The topological polar surface area (TPSA) is 76.1 Å². The van der Waals surface area contributed by atoms with E-state index in [0.29, 0.717) is 30.0 Å². The zero-order chi connectivity index (χ0) is 15.6. The summed E-state index contributed by atoms with van der Waals surface area (Å²) in [6.07, 6.45) is 0.451. The van der Waals surface area contributed by atoms with Gasteiger partial charge >= 0.3 is 5.97 Å². The minimum Gasteiger partial charge on any atom is -0.497 e. The fraction of sp³-hybridized carbons (Fsp3) is 0.467. The van der Waals surface area contributed by atoms with Gasteiger partial charge in [-0.3, -0.25) is 9.59 Å². The van der Waals surface area contributed by atoms with E-state index in [-0.39, 0.29) is 12.5 Å². The van der Waals surface area contributed by atoms with Crippen molar-refractivity contribution < 1.29 is 24.2 Å². The maximum absolute atomic E-state index is 12.5. The molecule has 1 aromatic rings. The molecule has 1 amide bonds. The van der Waals surface area contributed by atoms with E-state index in [1.54, 1.807) is 30.0 Å². The first-order valence-corrected chi connectivity index (χ1v) is 6.66. The maximum atomic E-state index is 12.5. The number of ether oxygens (including phenoxy) is 2. The fourth-order valence-electron chi connectivity index (χ4n) is 2.45. The highest BCUT2D eigenvalue weighted by atomic mass is 16.5. The Kier molecular flexibility index (Phi) is 4.06. The van der Waals surface area contributed by atoms with Gasteiger partial charge in [0, 0.05) is 19.2 Å². The highest BCUT2D eigenvalue weighted by Crippen LogP contribution is 2.33. The summed E-state index contributed by atoms with van der Waals surface area (Å²) in [6, 6.07) is 4.96. The molecule has 114 valence electrons. The third-order valence-corrected chi connectivity index (χ3v) is 3.92. The molecule has 1 aromatic carbocycles. The lowest BCUT2D eigenvalue weighted by Gasteiger charge is -2.21. The van der Waals surface area contributed by atoms with Crippen LogP contribution in [0.1, 0.15) is 23.7 Å². The van der Waals surface area contributed by atoms with Gasteiger partial charge in [0.15, 0.2) is 0 Å². The SMILES string of the molecule is COc1ccc(C(=O)N2CCC(C)(C(=O)O)C2)c(OC)c1. The molecule has 1 N–H and O–H groups in total. The number of carbonyl (C=O) groups is 2. The van der Waals surface area contributed by atoms with E-state index in [9.17, 15) is 14.7 Å². The van der Waals surface area contributed by atoms with Crippen LogP contribution in [0.2, 0.25) is 0 Å². The van der Waals surface area contributed by atoms with Gasteiger partial charge in [0.25, 0.3) is 5.91 Å². The van der Waals surface area contributed by atoms with Crippen LogP contribution in [0.5, 0.6) is 11.5 Å². The average Bonchev–Trinajstić information content (AvgIpc) is 2.89. The largest absolute Gasteiger partial charge is 0.497 e. The molecule has 1 aliphatic rings. The summed E-state index contributed by atoms with van der Waals surface area (Å²) in [5.74, 6) is -0.0811. The highest BCUT2D eigenvalue weighted by Gasteiger charge is 2.42. The molecule has 0 aromatic heterocycles. The molecule has 1 heterocycles. The number of carboxylic acids is 1. The average molecular weight is 293 g/mol. The van der Waals surface area contributed by atoms with Gasteiger partial charge in [-0.2, -0.15) is 0 Å². The smallest absolute Gasteiger partial charge is 0.311 e. The zero-order valence-electron chi connectivity index (χ0n) is 12.4. The first-order valence-electron chi connectivity index (χ1n) is 6.66. The molecule has 0 spiro atoms. The summed E-state index contributed by atoms with van der Waals surface area (Å²) < 4.78 is 10.3. The van der Waals surface area contributed by atoms with E-state index in [1.807, 2.05) is 0 Å². The Morgan fingerprint density at radius 3 is 2.52 bits per heavy atom. The lowest BCUT2D eigenvalue weighted by atomic mass is 9.90. The van der Waals surface area contributed by atoms with Gasteiger partial charge in [0.1, 0.15) is 11.5 Å². The van der Waals surface area contributed by atoms with E-state index < -0.39 is 11.4 Å². The number of amides is 1. The number of carbonyl (C=O) groups excluding carboxylic acids is 1. The second kappa shape index (κ2) is 5.63. The number of methoxy groups -OCH3 is 2. The molecule has 0 aliphatic carbocycles. The highest BCUT2D eigenvalue weighted by molar-refractivity contribution is 5.97. The maximum Gasteiger partial charge on any atom is 0.311 e. The molecule has 1 unspecified atom stereocenters. The van der Waals surface area contributed by atoms with Crippen LogP contribution >= 0.6 is 0 Å². The van der Waals surface area contributed by atoms with Crippen molar-refractivity contribution in [2.45, 2.75) is 13.3 Å². The Bertz CT molecular complexity index is 571. The van der Waals surface area contributed by atoms with Crippen LogP contribution in [-0.2, 0) is 4.79 Å². The van der Waals surface area contributed by atoms with E-state index >= 15 is 0 Å². The predicted molar refractivity (Wildman–Crippen MR) is 75.8 cm³/mol. The van der Waals surface area contributed by atoms with Crippen LogP contribution in [0.4, 0.5) is 0 Å². The normalized spacial score (nSPS) is 21.2. The summed E-state index contributed by atoms with van der Waals surface area (Å²) in [5, 5.41) is 9.23. The third-order valence-electron chi connectivity index (χ3n) is 3.92. The van der Waals surface area contributed by atoms with Crippen molar-refractivity contribution in [1.29, 1.82) is 0 Å². The molecule has 21 heavy (non-hydrogen) atoms. The molecule has 0 saturated carbocycles. The molecule has 2 rings (SSSR count). The molecule has 0 bridgehead atoms. The van der Waals surface area contributed by atoms with Crippen LogP contribution in [0.25, 0.3) is 0 Å². The second-order valence-electron chi connectivity index (χ2n) is 5.41. The van der Waals surface area contributed by atoms with Gasteiger partial charge < -0.3 is 19.5 Å². The van der Waals surface area contributed by atoms with E-state index in [4.69, 9.17) is 9.47 Å². The van der Waals surface area contributed by atoms with Gasteiger partial charge in [0.2, 0.25) is 0 Å². The van der Waals surface area contributed by atoms with Gasteiger partial charge in [-0.15, -0.1) is 0 Å². The lowest BCUT2D eigenvalue weighted by molar-refractivity contribution is -0.147. The van der Waals surface area contributed by atoms with Gasteiger partial charge in [-0.05, 0) is 25.5 Å². The molecular formula is C15H19NO5. The second-order valence-corrected chi connectivity index (χ2v) is 5.41. The van der Waals surface area contributed by atoms with Crippen molar-refractivity contribution in [2.75, 3.05) is 27.3 Å². The third kappa shape index (κ3) is 2.79. The molecule has 1 atom stereocenters. The molecule has 6 nitrogen and oxygen atoms in total. The molecule has 1 fully saturated rings. The van der Waals surface area contributed by atoms with Crippen LogP contribution in [0.15, 0.2) is 18.2 Å². The molecule has 6 heteroatoms. The first-order chi connectivity index (χ1) is 9.91. The van der Waals surface area contributed by atoms with Crippen LogP contribution in [-0.4, -0.2) is 49.2 Å². The number of hydrogen-bond acceptors (Lipinski definition) is 4. The van der Waals surface area contributed by atoms with E-state index in [1.165, 1.54) is 14.2 Å². The van der Waals surface area contributed by atoms with E-state index in [2.05, 4.69) is 0 Å². The standard InChI is InChI=1S/C15H19NO5/c1-15(14(18)19)6-7-16(9-15)13(17)11-5-4-10(20-2)8-12(11)21-3/h4-5,8H,6-7,9H2,1-3H3,(H,18,19). The van der Waals surface area contributed by atoms with Gasteiger partial charge in [0.05, 0.1) is 25.2 Å². The van der Waals surface area contributed by atoms with Crippen molar-refractivity contribution in [1.82, 2.24) is 4.90 Å². The number of hydrogen-bond donors (Lipinski definition) is 1.